The summed E-state index contributed by atoms with van der Waals surface area (Å²) in [5, 5.41) is 2.82. The number of cyclic esters (lactones) is 1. The number of ether oxygens (including phenoxy) is 1. The Morgan fingerprint density at radius 3 is 2.68 bits per heavy atom. The van der Waals surface area contributed by atoms with Crippen molar-refractivity contribution < 1.29 is 14.3 Å². The van der Waals surface area contributed by atoms with Crippen molar-refractivity contribution in [2.75, 3.05) is 6.61 Å². The van der Waals surface area contributed by atoms with E-state index in [1.165, 1.54) is 0 Å². The summed E-state index contributed by atoms with van der Waals surface area (Å²) in [6.45, 7) is 2.30. The van der Waals surface area contributed by atoms with Crippen molar-refractivity contribution in [1.82, 2.24) is 10.2 Å². The summed E-state index contributed by atoms with van der Waals surface area (Å²) in [6.07, 6.45) is 0.411. The van der Waals surface area contributed by atoms with Gasteiger partial charge in [-0.1, -0.05) is 37.3 Å². The highest BCUT2D eigenvalue weighted by Gasteiger charge is 2.50. The van der Waals surface area contributed by atoms with Crippen molar-refractivity contribution in [2.45, 2.75) is 31.5 Å². The zero-order valence-electron chi connectivity index (χ0n) is 10.7. The molecule has 0 spiro atoms. The minimum atomic E-state index is -0.398. The molecule has 2 aliphatic heterocycles. The largest absolute Gasteiger partial charge is 0.447 e. The van der Waals surface area contributed by atoms with Gasteiger partial charge >= 0.3 is 6.09 Å². The van der Waals surface area contributed by atoms with Gasteiger partial charge in [0.25, 0.3) is 0 Å². The van der Waals surface area contributed by atoms with Gasteiger partial charge in [0.2, 0.25) is 5.91 Å². The Morgan fingerprint density at radius 2 is 2.05 bits per heavy atom. The lowest BCUT2D eigenvalue weighted by atomic mass is 9.93. The van der Waals surface area contributed by atoms with E-state index in [0.29, 0.717) is 6.61 Å². The third kappa shape index (κ3) is 1.85. The van der Waals surface area contributed by atoms with E-state index in [2.05, 4.69) is 5.32 Å². The topological polar surface area (TPSA) is 58.6 Å². The molecule has 1 aromatic rings. The van der Waals surface area contributed by atoms with Crippen LogP contribution < -0.4 is 5.32 Å². The van der Waals surface area contributed by atoms with E-state index in [1.807, 2.05) is 37.3 Å². The van der Waals surface area contributed by atoms with Crippen LogP contribution in [0.2, 0.25) is 0 Å². The van der Waals surface area contributed by atoms with Crippen molar-refractivity contribution in [3.63, 3.8) is 0 Å². The Bertz CT molecular complexity index is 503. The molecule has 1 aromatic carbocycles. The maximum atomic E-state index is 11.9. The molecule has 1 N–H and O–H groups in total. The lowest BCUT2D eigenvalue weighted by Crippen LogP contribution is -2.69. The van der Waals surface area contributed by atoms with Gasteiger partial charge in [-0.3, -0.25) is 9.69 Å². The second-order valence-electron chi connectivity index (χ2n) is 4.88. The zero-order valence-corrected chi connectivity index (χ0v) is 10.7. The second-order valence-corrected chi connectivity index (χ2v) is 4.88. The molecule has 0 radical (unpaired) electrons. The minimum absolute atomic E-state index is 0.0318. The average Bonchev–Trinajstić information content (AvgIpc) is 2.79. The maximum Gasteiger partial charge on any atom is 0.411 e. The molecule has 2 saturated heterocycles. The summed E-state index contributed by atoms with van der Waals surface area (Å²) < 4.78 is 5.14. The Hall–Kier alpha value is -2.04. The predicted molar refractivity (Wildman–Crippen MR) is 68.4 cm³/mol. The first-order valence-corrected chi connectivity index (χ1v) is 6.52. The first kappa shape index (κ1) is 12.0. The van der Waals surface area contributed by atoms with Crippen LogP contribution in [-0.4, -0.2) is 35.6 Å². The number of rotatable bonds is 3. The van der Waals surface area contributed by atoms with Crippen LogP contribution in [0.25, 0.3) is 0 Å². The van der Waals surface area contributed by atoms with Gasteiger partial charge in [0.1, 0.15) is 12.6 Å². The lowest BCUT2D eigenvalue weighted by Gasteiger charge is -2.42. The third-order valence-corrected chi connectivity index (χ3v) is 3.81. The number of amides is 2. The number of nitrogens with one attached hydrogen (secondary N) is 1. The van der Waals surface area contributed by atoms with Gasteiger partial charge in [0.05, 0.1) is 12.1 Å². The van der Waals surface area contributed by atoms with Crippen molar-refractivity contribution >= 4 is 12.0 Å². The van der Waals surface area contributed by atoms with Gasteiger partial charge in [0, 0.05) is 0 Å². The van der Waals surface area contributed by atoms with Crippen molar-refractivity contribution in [2.24, 2.45) is 0 Å². The van der Waals surface area contributed by atoms with Crippen LogP contribution >= 0.6 is 0 Å². The normalized spacial score (nSPS) is 29.7. The Balaban J connectivity index is 1.89. The third-order valence-electron chi connectivity index (χ3n) is 3.81. The summed E-state index contributed by atoms with van der Waals surface area (Å²) in [4.78, 5) is 25.3. The van der Waals surface area contributed by atoms with Crippen molar-refractivity contribution in [3.8, 4) is 0 Å². The standard InChI is InChI=1S/C14H16N2O3/c1-2-10-12(13(17)15-10)16-11(8-19-14(16)18)9-6-4-3-5-7-9/h3-7,10-12H,2,8H2,1H3,(H,15,17)/t10-,11-,12-/m1/s1. The fourth-order valence-corrected chi connectivity index (χ4v) is 2.75. The van der Waals surface area contributed by atoms with Gasteiger partial charge in [-0.15, -0.1) is 0 Å². The van der Waals surface area contributed by atoms with Gasteiger partial charge < -0.3 is 10.1 Å². The predicted octanol–water partition coefficient (Wildman–Crippen LogP) is 1.46. The minimum Gasteiger partial charge on any atom is -0.447 e. The van der Waals surface area contributed by atoms with Crippen LogP contribution in [-0.2, 0) is 9.53 Å². The quantitative estimate of drug-likeness (QED) is 0.837. The van der Waals surface area contributed by atoms with Gasteiger partial charge in [-0.25, -0.2) is 4.79 Å². The van der Waals surface area contributed by atoms with Crippen LogP contribution in [0.3, 0.4) is 0 Å². The molecule has 100 valence electrons. The first-order valence-electron chi connectivity index (χ1n) is 6.52. The fraction of sp³-hybridized carbons (Fsp3) is 0.429. The molecule has 0 bridgehead atoms. The van der Waals surface area contributed by atoms with E-state index in [1.54, 1.807) is 4.90 Å². The van der Waals surface area contributed by atoms with E-state index in [-0.39, 0.29) is 18.0 Å². The van der Waals surface area contributed by atoms with E-state index in [0.717, 1.165) is 12.0 Å². The molecular formula is C14H16N2O3. The monoisotopic (exact) mass is 260 g/mol. The highest BCUT2D eigenvalue weighted by molar-refractivity contribution is 5.92. The van der Waals surface area contributed by atoms with Crippen LogP contribution in [0.5, 0.6) is 0 Å². The van der Waals surface area contributed by atoms with Crippen LogP contribution in [0.4, 0.5) is 4.79 Å². The molecule has 0 aliphatic carbocycles. The maximum absolute atomic E-state index is 11.9. The molecule has 2 heterocycles. The number of nitrogens with zero attached hydrogens (tertiary/aromatic N) is 1. The van der Waals surface area contributed by atoms with E-state index < -0.39 is 12.1 Å². The fourth-order valence-electron chi connectivity index (χ4n) is 2.75. The first-order chi connectivity index (χ1) is 9.22. The number of carbonyl (C=O) groups is 2. The Morgan fingerprint density at radius 1 is 1.32 bits per heavy atom. The molecule has 0 aromatic heterocycles. The van der Waals surface area contributed by atoms with Crippen LogP contribution in [0, 0.1) is 0 Å². The van der Waals surface area contributed by atoms with Crippen LogP contribution in [0.15, 0.2) is 30.3 Å². The van der Waals surface area contributed by atoms with E-state index in [4.69, 9.17) is 4.74 Å². The summed E-state index contributed by atoms with van der Waals surface area (Å²) in [5.74, 6) is -0.0911. The molecule has 3 atom stereocenters. The highest BCUT2D eigenvalue weighted by Crippen LogP contribution is 2.33. The molecule has 0 unspecified atom stereocenters. The number of hydrogen-bond acceptors (Lipinski definition) is 3. The molecule has 0 saturated carbocycles. The Kier molecular flexibility index (Phi) is 2.89. The van der Waals surface area contributed by atoms with E-state index in [9.17, 15) is 9.59 Å². The summed E-state index contributed by atoms with van der Waals surface area (Å²) in [5.41, 5.74) is 1.00. The van der Waals surface area contributed by atoms with E-state index >= 15 is 0 Å². The molecule has 2 aliphatic rings. The SMILES string of the molecule is CC[C@H]1NC(=O)[C@@H]1N1C(=O)OC[C@@H]1c1ccccc1. The molecule has 2 fully saturated rings. The number of carbonyl (C=O) groups excluding carboxylic acids is 2. The molecular weight excluding hydrogens is 244 g/mol. The molecule has 5 heteroatoms. The number of benzene rings is 1. The molecule has 3 rings (SSSR count). The van der Waals surface area contributed by atoms with Crippen molar-refractivity contribution in [1.29, 1.82) is 0 Å². The highest BCUT2D eigenvalue weighted by atomic mass is 16.6. The smallest absolute Gasteiger partial charge is 0.411 e. The number of β-lactam (4-membered cyclic amide) rings is 1. The molecule has 19 heavy (non-hydrogen) atoms. The summed E-state index contributed by atoms with van der Waals surface area (Å²) in [6, 6.07) is 9.15. The molecule has 2 amide bonds. The van der Waals surface area contributed by atoms with Gasteiger partial charge in [0.15, 0.2) is 0 Å². The number of hydrogen-bond donors (Lipinski definition) is 1. The van der Waals surface area contributed by atoms with Crippen LogP contribution in [0.1, 0.15) is 24.9 Å². The average molecular weight is 260 g/mol. The van der Waals surface area contributed by atoms with Gasteiger partial charge in [-0.2, -0.15) is 0 Å². The lowest BCUT2D eigenvalue weighted by molar-refractivity contribution is -0.136. The summed E-state index contributed by atoms with van der Waals surface area (Å²) in [7, 11) is 0. The Labute approximate surface area is 111 Å². The second kappa shape index (κ2) is 4.57. The van der Waals surface area contributed by atoms with Gasteiger partial charge in [-0.05, 0) is 12.0 Å². The van der Waals surface area contributed by atoms with Crippen molar-refractivity contribution in [3.05, 3.63) is 35.9 Å². The summed E-state index contributed by atoms with van der Waals surface area (Å²) >= 11 is 0. The zero-order chi connectivity index (χ0) is 13.4. The molecule has 5 nitrogen and oxygen atoms in total.